The SMILES string of the molecule is COc1ccccc1-n1ccn(CC(=O)Nc2cc(Cl)ccc2Cl)c(=O)c1=O. The number of anilines is 1. The Kier molecular flexibility index (Phi) is 5.87. The minimum absolute atomic E-state index is 0.302. The predicted molar refractivity (Wildman–Crippen MR) is 108 cm³/mol. The third kappa shape index (κ3) is 4.11. The molecule has 0 radical (unpaired) electrons. The van der Waals surface area contributed by atoms with Crippen LogP contribution >= 0.6 is 23.2 Å². The van der Waals surface area contributed by atoms with Crippen molar-refractivity contribution in [1.29, 1.82) is 0 Å². The van der Waals surface area contributed by atoms with Crippen molar-refractivity contribution < 1.29 is 9.53 Å². The van der Waals surface area contributed by atoms with Gasteiger partial charge in [0.25, 0.3) is 0 Å². The van der Waals surface area contributed by atoms with Gasteiger partial charge in [-0.05, 0) is 30.3 Å². The van der Waals surface area contributed by atoms with Crippen molar-refractivity contribution in [3.05, 3.63) is 85.6 Å². The van der Waals surface area contributed by atoms with Crippen LogP contribution in [0, 0.1) is 0 Å². The lowest BCUT2D eigenvalue weighted by molar-refractivity contribution is -0.116. The number of nitrogens with zero attached hydrogens (tertiary/aromatic N) is 2. The largest absolute Gasteiger partial charge is 0.495 e. The van der Waals surface area contributed by atoms with E-state index in [2.05, 4.69) is 5.32 Å². The molecule has 0 saturated heterocycles. The molecule has 1 amide bonds. The molecule has 3 aromatic rings. The van der Waals surface area contributed by atoms with Gasteiger partial charge in [-0.1, -0.05) is 35.3 Å². The lowest BCUT2D eigenvalue weighted by atomic mass is 10.3. The number of carbonyl (C=O) groups is 1. The van der Waals surface area contributed by atoms with Gasteiger partial charge in [-0.25, -0.2) is 0 Å². The topological polar surface area (TPSA) is 82.3 Å². The van der Waals surface area contributed by atoms with Crippen LogP contribution in [0.1, 0.15) is 0 Å². The molecule has 0 fully saturated rings. The Bertz CT molecular complexity index is 1150. The fourth-order valence-corrected chi connectivity index (χ4v) is 2.93. The fourth-order valence-electron chi connectivity index (χ4n) is 2.59. The van der Waals surface area contributed by atoms with Gasteiger partial charge < -0.3 is 10.1 Å². The second-order valence-corrected chi connectivity index (χ2v) is 6.59. The number of hydrogen-bond donors (Lipinski definition) is 1. The van der Waals surface area contributed by atoms with E-state index in [1.165, 1.54) is 30.1 Å². The Hall–Kier alpha value is -3.03. The lowest BCUT2D eigenvalue weighted by Gasteiger charge is -2.12. The highest BCUT2D eigenvalue weighted by Crippen LogP contribution is 2.25. The molecule has 0 spiro atoms. The molecular weight excluding hydrogens is 405 g/mol. The standard InChI is InChI=1S/C19H15Cl2N3O4/c1-28-16-5-3-2-4-15(16)24-9-8-23(18(26)19(24)27)11-17(25)22-14-10-12(20)6-7-13(14)21/h2-10H,11H2,1H3,(H,22,25). The number of methoxy groups -OCH3 is 1. The maximum absolute atomic E-state index is 12.5. The summed E-state index contributed by atoms with van der Waals surface area (Å²) in [7, 11) is 1.47. The smallest absolute Gasteiger partial charge is 0.321 e. The first kappa shape index (κ1) is 19.7. The minimum atomic E-state index is -0.847. The van der Waals surface area contributed by atoms with Gasteiger partial charge in [-0.2, -0.15) is 0 Å². The van der Waals surface area contributed by atoms with E-state index >= 15 is 0 Å². The Balaban J connectivity index is 1.87. The Morgan fingerprint density at radius 3 is 2.57 bits per heavy atom. The van der Waals surface area contributed by atoms with E-state index in [1.807, 2.05) is 0 Å². The van der Waals surface area contributed by atoms with Crippen molar-refractivity contribution in [2.75, 3.05) is 12.4 Å². The number of halogens is 2. The predicted octanol–water partition coefficient (Wildman–Crippen LogP) is 2.95. The first-order chi connectivity index (χ1) is 13.4. The highest BCUT2D eigenvalue weighted by atomic mass is 35.5. The highest BCUT2D eigenvalue weighted by molar-refractivity contribution is 6.35. The van der Waals surface area contributed by atoms with Crippen LogP contribution in [-0.4, -0.2) is 22.2 Å². The highest BCUT2D eigenvalue weighted by Gasteiger charge is 2.13. The molecule has 1 heterocycles. The number of nitrogens with one attached hydrogen (secondary N) is 1. The lowest BCUT2D eigenvalue weighted by Crippen LogP contribution is -2.41. The van der Waals surface area contributed by atoms with E-state index in [-0.39, 0.29) is 6.54 Å². The summed E-state index contributed by atoms with van der Waals surface area (Å²) in [6.45, 7) is -0.357. The van der Waals surface area contributed by atoms with Crippen molar-refractivity contribution in [2.24, 2.45) is 0 Å². The van der Waals surface area contributed by atoms with Crippen LogP contribution in [0.3, 0.4) is 0 Å². The average Bonchev–Trinajstić information content (AvgIpc) is 2.68. The van der Waals surface area contributed by atoms with Crippen molar-refractivity contribution in [3.8, 4) is 11.4 Å². The van der Waals surface area contributed by atoms with E-state index in [0.29, 0.717) is 27.2 Å². The summed E-state index contributed by atoms with van der Waals surface area (Å²) < 4.78 is 7.41. The quantitative estimate of drug-likeness (QED) is 0.644. The Morgan fingerprint density at radius 1 is 1.07 bits per heavy atom. The average molecular weight is 420 g/mol. The maximum atomic E-state index is 12.5. The van der Waals surface area contributed by atoms with Gasteiger partial charge in [0.15, 0.2) is 0 Å². The van der Waals surface area contributed by atoms with Gasteiger partial charge in [0.1, 0.15) is 12.3 Å². The van der Waals surface area contributed by atoms with Crippen molar-refractivity contribution in [3.63, 3.8) is 0 Å². The molecule has 0 aliphatic carbocycles. The molecule has 7 nitrogen and oxygen atoms in total. The number of aromatic nitrogens is 2. The summed E-state index contributed by atoms with van der Waals surface area (Å²) in [5, 5.41) is 3.27. The number of ether oxygens (including phenoxy) is 1. The molecule has 1 N–H and O–H groups in total. The zero-order valence-corrected chi connectivity index (χ0v) is 16.2. The zero-order valence-electron chi connectivity index (χ0n) is 14.7. The normalized spacial score (nSPS) is 10.5. The summed E-state index contributed by atoms with van der Waals surface area (Å²) in [5.74, 6) is -0.0872. The van der Waals surface area contributed by atoms with Gasteiger partial charge >= 0.3 is 11.1 Å². The van der Waals surface area contributed by atoms with Crippen LogP contribution in [0.25, 0.3) is 5.69 Å². The number of amides is 1. The Labute approximate surface area is 169 Å². The number of benzene rings is 2. The second-order valence-electron chi connectivity index (χ2n) is 5.75. The summed E-state index contributed by atoms with van der Waals surface area (Å²) in [6.07, 6.45) is 2.76. The van der Waals surface area contributed by atoms with E-state index in [4.69, 9.17) is 27.9 Å². The molecule has 1 aromatic heterocycles. The maximum Gasteiger partial charge on any atom is 0.321 e. The van der Waals surface area contributed by atoms with Gasteiger partial charge in [-0.15, -0.1) is 0 Å². The number of carbonyl (C=O) groups excluding carboxylic acids is 1. The number of rotatable bonds is 5. The van der Waals surface area contributed by atoms with Gasteiger partial charge in [0, 0.05) is 17.4 Å². The molecule has 144 valence electrons. The molecule has 0 bridgehead atoms. The van der Waals surface area contributed by atoms with Crippen LogP contribution in [-0.2, 0) is 11.3 Å². The van der Waals surface area contributed by atoms with Crippen LogP contribution in [0.2, 0.25) is 10.0 Å². The summed E-state index contributed by atoms with van der Waals surface area (Å²) in [5.41, 5.74) is -0.912. The first-order valence-corrected chi connectivity index (χ1v) is 8.86. The molecule has 0 aliphatic heterocycles. The minimum Gasteiger partial charge on any atom is -0.495 e. The van der Waals surface area contributed by atoms with Crippen molar-refractivity contribution in [2.45, 2.75) is 6.54 Å². The van der Waals surface area contributed by atoms with E-state index < -0.39 is 17.0 Å². The number of para-hydroxylation sites is 2. The third-order valence-corrected chi connectivity index (χ3v) is 4.48. The Morgan fingerprint density at radius 2 is 1.82 bits per heavy atom. The summed E-state index contributed by atoms with van der Waals surface area (Å²) in [6, 6.07) is 11.4. The van der Waals surface area contributed by atoms with Crippen LogP contribution in [0.15, 0.2) is 64.4 Å². The van der Waals surface area contributed by atoms with Crippen LogP contribution < -0.4 is 21.2 Å². The van der Waals surface area contributed by atoms with Gasteiger partial charge in [-0.3, -0.25) is 23.5 Å². The summed E-state index contributed by atoms with van der Waals surface area (Å²) >= 11 is 11.9. The second kappa shape index (κ2) is 8.33. The van der Waals surface area contributed by atoms with Crippen molar-refractivity contribution in [1.82, 2.24) is 9.13 Å². The first-order valence-electron chi connectivity index (χ1n) is 8.11. The molecule has 0 atom stereocenters. The molecule has 0 unspecified atom stereocenters. The van der Waals surface area contributed by atoms with Gasteiger partial charge in [0.2, 0.25) is 5.91 Å². The molecule has 0 saturated carbocycles. The van der Waals surface area contributed by atoms with Gasteiger partial charge in [0.05, 0.1) is 23.5 Å². The van der Waals surface area contributed by atoms with E-state index in [1.54, 1.807) is 36.4 Å². The third-order valence-electron chi connectivity index (χ3n) is 3.92. The molecule has 3 rings (SSSR count). The van der Waals surface area contributed by atoms with Crippen molar-refractivity contribution >= 4 is 34.8 Å². The van der Waals surface area contributed by atoms with E-state index in [0.717, 1.165) is 4.57 Å². The van der Waals surface area contributed by atoms with Crippen LogP contribution in [0.5, 0.6) is 5.75 Å². The zero-order chi connectivity index (χ0) is 20.3. The molecular formula is C19H15Cl2N3O4. The fraction of sp³-hybridized carbons (Fsp3) is 0.105. The van der Waals surface area contributed by atoms with E-state index in [9.17, 15) is 14.4 Å². The number of hydrogen-bond acceptors (Lipinski definition) is 4. The summed E-state index contributed by atoms with van der Waals surface area (Å²) in [4.78, 5) is 37.2. The monoisotopic (exact) mass is 419 g/mol. The molecule has 2 aromatic carbocycles. The molecule has 0 aliphatic rings. The molecule has 28 heavy (non-hydrogen) atoms. The molecule has 9 heteroatoms. The van der Waals surface area contributed by atoms with Crippen LogP contribution in [0.4, 0.5) is 5.69 Å².